The monoisotopic (exact) mass is 404 g/mol. The molecule has 1 aromatic heterocycles. The van der Waals surface area contributed by atoms with Gasteiger partial charge in [0.25, 0.3) is 0 Å². The van der Waals surface area contributed by atoms with Crippen molar-refractivity contribution in [1.82, 2.24) is 9.88 Å². The molecule has 1 aromatic carbocycles. The van der Waals surface area contributed by atoms with Gasteiger partial charge in [-0.15, -0.1) is 12.4 Å². The Bertz CT molecular complexity index is 753. The number of hydrogen-bond acceptors (Lipinski definition) is 2. The van der Waals surface area contributed by atoms with Crippen LogP contribution in [0.3, 0.4) is 0 Å². The maximum Gasteiger partial charge on any atom is 0.129 e. The van der Waals surface area contributed by atoms with Gasteiger partial charge in [0.05, 0.1) is 5.69 Å². The fourth-order valence-corrected chi connectivity index (χ4v) is 3.81. The molecule has 0 aliphatic carbocycles. The smallest absolute Gasteiger partial charge is 0.129 e. The van der Waals surface area contributed by atoms with E-state index in [4.69, 9.17) is 11.6 Å². The molecule has 0 N–H and O–H groups in total. The first-order chi connectivity index (χ1) is 12.5. The number of hydrogen-bond donors (Lipinski definition) is 0. The quantitative estimate of drug-likeness (QED) is 0.528. The van der Waals surface area contributed by atoms with Crippen LogP contribution in [-0.2, 0) is 6.42 Å². The van der Waals surface area contributed by atoms with E-state index in [1.165, 1.54) is 16.7 Å². The first-order valence-corrected chi connectivity index (χ1v) is 10.0. The highest BCUT2D eigenvalue weighted by atomic mass is 35.5. The van der Waals surface area contributed by atoms with E-state index in [1.54, 1.807) is 0 Å². The summed E-state index contributed by atoms with van der Waals surface area (Å²) in [6.07, 6.45) is 4.50. The fraction of sp³-hybridized carbons (Fsp3) is 0.435. The van der Waals surface area contributed by atoms with Crippen LogP contribution in [0.4, 0.5) is 0 Å². The van der Waals surface area contributed by atoms with E-state index < -0.39 is 0 Å². The second-order valence-electron chi connectivity index (χ2n) is 7.83. The molecule has 0 amide bonds. The maximum atomic E-state index is 6.02. The van der Waals surface area contributed by atoms with Crippen molar-refractivity contribution in [3.05, 3.63) is 70.5 Å². The van der Waals surface area contributed by atoms with Crippen LogP contribution in [0.2, 0.25) is 5.15 Å². The lowest BCUT2D eigenvalue weighted by atomic mass is 9.95. The Morgan fingerprint density at radius 1 is 1.07 bits per heavy atom. The molecule has 4 heteroatoms. The molecule has 2 aromatic rings. The molecule has 0 saturated heterocycles. The number of aromatic nitrogens is 1. The molecule has 27 heavy (non-hydrogen) atoms. The molecule has 0 spiro atoms. The number of benzene rings is 1. The van der Waals surface area contributed by atoms with Gasteiger partial charge in [-0.05, 0) is 53.5 Å². The zero-order valence-electron chi connectivity index (χ0n) is 16.5. The number of rotatable bonds is 6. The second kappa shape index (κ2) is 10.3. The molecule has 146 valence electrons. The van der Waals surface area contributed by atoms with Gasteiger partial charge in [-0.3, -0.25) is 4.90 Å². The molecule has 2 nitrogen and oxygen atoms in total. The molecule has 1 unspecified atom stereocenters. The van der Waals surface area contributed by atoms with Gasteiger partial charge in [0.15, 0.2) is 0 Å². The Kier molecular flexibility index (Phi) is 8.34. The van der Waals surface area contributed by atoms with Crippen LogP contribution in [0.1, 0.15) is 49.9 Å². The van der Waals surface area contributed by atoms with Gasteiger partial charge in [-0.1, -0.05) is 68.8 Å². The third-order valence-corrected chi connectivity index (χ3v) is 5.27. The predicted octanol–water partition coefficient (Wildman–Crippen LogP) is 6.25. The minimum Gasteiger partial charge on any atom is -0.299 e. The second-order valence-corrected chi connectivity index (χ2v) is 8.21. The molecule has 0 saturated carbocycles. The first-order valence-electron chi connectivity index (χ1n) is 9.64. The van der Waals surface area contributed by atoms with Crippen LogP contribution in [0.25, 0.3) is 5.57 Å². The zero-order chi connectivity index (χ0) is 18.5. The maximum absolute atomic E-state index is 6.02. The molecule has 2 heterocycles. The Labute approximate surface area is 175 Å². The van der Waals surface area contributed by atoms with Crippen LogP contribution in [0.5, 0.6) is 0 Å². The summed E-state index contributed by atoms with van der Waals surface area (Å²) in [5, 5.41) is 0.570. The van der Waals surface area contributed by atoms with Gasteiger partial charge in [0.2, 0.25) is 0 Å². The molecule has 0 fully saturated rings. The van der Waals surface area contributed by atoms with Crippen molar-refractivity contribution >= 4 is 29.6 Å². The topological polar surface area (TPSA) is 16.1 Å². The molecular formula is C23H30Cl2N2. The normalized spacial score (nSPS) is 16.0. The highest BCUT2D eigenvalue weighted by Crippen LogP contribution is 2.24. The Balaban J connectivity index is 0.00000261. The van der Waals surface area contributed by atoms with Crippen molar-refractivity contribution in [1.29, 1.82) is 0 Å². The van der Waals surface area contributed by atoms with Gasteiger partial charge >= 0.3 is 0 Å². The number of pyridine rings is 1. The van der Waals surface area contributed by atoms with Gasteiger partial charge in [-0.2, -0.15) is 0 Å². The lowest BCUT2D eigenvalue weighted by Gasteiger charge is -2.29. The van der Waals surface area contributed by atoms with E-state index in [0.717, 1.165) is 38.2 Å². The summed E-state index contributed by atoms with van der Waals surface area (Å²) in [5.41, 5.74) is 5.21. The lowest BCUT2D eigenvalue weighted by Crippen LogP contribution is -2.32. The van der Waals surface area contributed by atoms with Gasteiger partial charge < -0.3 is 0 Å². The summed E-state index contributed by atoms with van der Waals surface area (Å²) in [4.78, 5) is 6.97. The Morgan fingerprint density at radius 2 is 1.81 bits per heavy atom. The summed E-state index contributed by atoms with van der Waals surface area (Å²) in [5.74, 6) is 1.25. The zero-order valence-corrected chi connectivity index (χ0v) is 18.1. The number of nitrogens with zero attached hydrogens (tertiary/aromatic N) is 2. The summed E-state index contributed by atoms with van der Waals surface area (Å²) >= 11 is 6.02. The SMILES string of the molecule is CC(C)Cc1ccc(C(C)CN2CC=C(c3cccc(Cl)n3)CC2)cc1.Cl. The van der Waals surface area contributed by atoms with E-state index in [1.807, 2.05) is 12.1 Å². The molecule has 1 aliphatic heterocycles. The van der Waals surface area contributed by atoms with Crippen molar-refractivity contribution in [3.63, 3.8) is 0 Å². The third kappa shape index (κ3) is 6.34. The summed E-state index contributed by atoms with van der Waals surface area (Å²) < 4.78 is 0. The summed E-state index contributed by atoms with van der Waals surface area (Å²) in [7, 11) is 0. The van der Waals surface area contributed by atoms with E-state index in [2.05, 4.69) is 67.1 Å². The minimum atomic E-state index is 0. The number of halogens is 2. The first kappa shape index (κ1) is 21.9. The van der Waals surface area contributed by atoms with Gasteiger partial charge in [-0.25, -0.2) is 4.98 Å². The van der Waals surface area contributed by atoms with E-state index in [9.17, 15) is 0 Å². The minimum absolute atomic E-state index is 0. The lowest BCUT2D eigenvalue weighted by molar-refractivity contribution is 0.286. The average Bonchev–Trinajstić information content (AvgIpc) is 2.62. The fourth-order valence-electron chi connectivity index (χ4n) is 3.64. The Morgan fingerprint density at radius 3 is 2.41 bits per heavy atom. The van der Waals surface area contributed by atoms with E-state index >= 15 is 0 Å². The van der Waals surface area contributed by atoms with Crippen LogP contribution in [0.15, 0.2) is 48.5 Å². The third-order valence-electron chi connectivity index (χ3n) is 5.06. The van der Waals surface area contributed by atoms with Crippen molar-refractivity contribution in [2.75, 3.05) is 19.6 Å². The average molecular weight is 405 g/mol. The highest BCUT2D eigenvalue weighted by molar-refractivity contribution is 6.29. The Hall–Kier alpha value is -1.35. The summed E-state index contributed by atoms with van der Waals surface area (Å²) in [6, 6.07) is 15.1. The van der Waals surface area contributed by atoms with E-state index in [-0.39, 0.29) is 12.4 Å². The largest absolute Gasteiger partial charge is 0.299 e. The van der Waals surface area contributed by atoms with Crippen molar-refractivity contribution in [3.8, 4) is 0 Å². The molecule has 3 rings (SSSR count). The van der Waals surface area contributed by atoms with E-state index in [0.29, 0.717) is 17.0 Å². The molecule has 1 atom stereocenters. The summed E-state index contributed by atoms with van der Waals surface area (Å²) in [6.45, 7) is 10.0. The molecule has 0 bridgehead atoms. The molecule has 0 radical (unpaired) electrons. The predicted molar refractivity (Wildman–Crippen MR) is 119 cm³/mol. The van der Waals surface area contributed by atoms with Crippen LogP contribution >= 0.6 is 24.0 Å². The molecular weight excluding hydrogens is 375 g/mol. The van der Waals surface area contributed by atoms with Crippen molar-refractivity contribution in [2.24, 2.45) is 5.92 Å². The van der Waals surface area contributed by atoms with Crippen molar-refractivity contribution in [2.45, 2.75) is 39.5 Å². The van der Waals surface area contributed by atoms with Crippen LogP contribution in [-0.4, -0.2) is 29.5 Å². The van der Waals surface area contributed by atoms with Crippen LogP contribution < -0.4 is 0 Å². The van der Waals surface area contributed by atoms with Crippen molar-refractivity contribution < 1.29 is 0 Å². The standard InChI is InChI=1S/C23H29ClN2.ClH/c1-17(2)15-19-7-9-20(10-8-19)18(3)16-26-13-11-21(12-14-26)22-5-4-6-23(24)25-22;/h4-11,17-18H,12-16H2,1-3H3;1H. The molecule has 1 aliphatic rings. The van der Waals surface area contributed by atoms with Crippen LogP contribution in [0, 0.1) is 5.92 Å². The van der Waals surface area contributed by atoms with Gasteiger partial charge in [0.1, 0.15) is 5.15 Å². The highest BCUT2D eigenvalue weighted by Gasteiger charge is 2.17. The van der Waals surface area contributed by atoms with Gasteiger partial charge in [0, 0.05) is 19.6 Å².